The zero-order chi connectivity index (χ0) is 16.2. The zero-order valence-corrected chi connectivity index (χ0v) is 13.6. The van der Waals surface area contributed by atoms with E-state index in [1.54, 1.807) is 6.26 Å². The number of anilines is 1. The average molecular weight is 313 g/mol. The second-order valence-electron chi connectivity index (χ2n) is 5.94. The maximum Gasteiger partial charge on any atom is 0.287 e. The van der Waals surface area contributed by atoms with Crippen molar-refractivity contribution in [3.63, 3.8) is 0 Å². The highest BCUT2D eigenvalue weighted by Crippen LogP contribution is 2.33. The first-order valence-electron chi connectivity index (χ1n) is 8.04. The van der Waals surface area contributed by atoms with Crippen molar-refractivity contribution in [1.82, 2.24) is 10.6 Å². The molecule has 0 fully saturated rings. The number of benzene rings is 1. The Labute approximate surface area is 136 Å². The number of fused-ring (bicyclic) bond motifs is 1. The molecule has 1 atom stereocenters. The number of hydrogen-bond donors (Lipinski definition) is 2. The molecule has 1 aromatic carbocycles. The van der Waals surface area contributed by atoms with Crippen molar-refractivity contribution in [2.75, 3.05) is 25.0 Å². The van der Waals surface area contributed by atoms with Gasteiger partial charge < -0.3 is 20.0 Å². The van der Waals surface area contributed by atoms with Crippen molar-refractivity contribution in [1.29, 1.82) is 0 Å². The van der Waals surface area contributed by atoms with E-state index in [1.165, 1.54) is 11.3 Å². The molecular weight excluding hydrogens is 290 g/mol. The summed E-state index contributed by atoms with van der Waals surface area (Å²) in [5.74, 6) is 0.262. The van der Waals surface area contributed by atoms with Crippen LogP contribution in [0, 0.1) is 0 Å². The van der Waals surface area contributed by atoms with Crippen LogP contribution in [0.15, 0.2) is 41.0 Å². The van der Waals surface area contributed by atoms with E-state index in [2.05, 4.69) is 46.7 Å². The fraction of sp³-hybridized carbons (Fsp3) is 0.389. The fourth-order valence-corrected chi connectivity index (χ4v) is 3.09. The number of nitrogens with zero attached hydrogens (tertiary/aromatic N) is 1. The molecule has 0 spiro atoms. The number of carbonyl (C=O) groups is 1. The molecule has 122 valence electrons. The van der Waals surface area contributed by atoms with E-state index in [1.807, 2.05) is 13.1 Å². The Hall–Kier alpha value is -2.27. The van der Waals surface area contributed by atoms with Crippen LogP contribution in [0.25, 0.3) is 0 Å². The van der Waals surface area contributed by atoms with Crippen LogP contribution < -0.4 is 15.5 Å². The van der Waals surface area contributed by atoms with Gasteiger partial charge in [-0.15, -0.1) is 0 Å². The fourth-order valence-electron chi connectivity index (χ4n) is 3.09. The Morgan fingerprint density at radius 3 is 2.96 bits per heavy atom. The van der Waals surface area contributed by atoms with Crippen molar-refractivity contribution in [2.24, 2.45) is 0 Å². The highest BCUT2D eigenvalue weighted by Gasteiger charge is 2.27. The molecule has 1 aliphatic heterocycles. The zero-order valence-electron chi connectivity index (χ0n) is 13.6. The van der Waals surface area contributed by atoms with Crippen LogP contribution in [0.5, 0.6) is 0 Å². The molecule has 0 aliphatic carbocycles. The van der Waals surface area contributed by atoms with E-state index in [4.69, 9.17) is 4.42 Å². The molecule has 0 bridgehead atoms. The summed E-state index contributed by atoms with van der Waals surface area (Å²) >= 11 is 0. The summed E-state index contributed by atoms with van der Waals surface area (Å²) in [4.78, 5) is 14.6. The first kappa shape index (κ1) is 15.6. The number of nitrogens with one attached hydrogen (secondary N) is 2. The van der Waals surface area contributed by atoms with Crippen LogP contribution in [0.1, 0.15) is 28.6 Å². The smallest absolute Gasteiger partial charge is 0.287 e. The standard InChI is InChI=1S/C18H23N3O2/c1-13-11-14-5-3-4-6-16(14)21(13)12-15-7-10-23-17(15)18(22)20-9-8-19-2/h3-7,10,13,19H,8-9,11-12H2,1-2H3,(H,20,22). The SMILES string of the molecule is CNCCNC(=O)c1occc1CN1c2ccccc2CC1C. The van der Waals surface area contributed by atoms with Gasteiger partial charge in [0.1, 0.15) is 0 Å². The minimum Gasteiger partial charge on any atom is -0.459 e. The predicted molar refractivity (Wildman–Crippen MR) is 90.8 cm³/mol. The monoisotopic (exact) mass is 313 g/mol. The summed E-state index contributed by atoms with van der Waals surface area (Å²) in [6.07, 6.45) is 2.63. The van der Waals surface area contributed by atoms with Gasteiger partial charge in [0.05, 0.1) is 6.26 Å². The topological polar surface area (TPSA) is 57.5 Å². The van der Waals surface area contributed by atoms with Gasteiger partial charge in [-0.2, -0.15) is 0 Å². The van der Waals surface area contributed by atoms with Crippen LogP contribution in [-0.4, -0.2) is 32.1 Å². The molecule has 1 aromatic heterocycles. The Balaban J connectivity index is 1.74. The van der Waals surface area contributed by atoms with E-state index in [0.29, 0.717) is 24.9 Å². The number of amides is 1. The third-order valence-electron chi connectivity index (χ3n) is 4.30. The number of carbonyl (C=O) groups excluding carboxylic acids is 1. The van der Waals surface area contributed by atoms with Crippen LogP contribution in [0.2, 0.25) is 0 Å². The summed E-state index contributed by atoms with van der Waals surface area (Å²) in [5.41, 5.74) is 3.54. The third kappa shape index (κ3) is 3.24. The van der Waals surface area contributed by atoms with Gasteiger partial charge in [-0.25, -0.2) is 0 Å². The van der Waals surface area contributed by atoms with E-state index in [-0.39, 0.29) is 5.91 Å². The first-order chi connectivity index (χ1) is 11.2. The Bertz CT molecular complexity index is 680. The molecule has 0 radical (unpaired) electrons. The number of rotatable bonds is 6. The normalized spacial score (nSPS) is 16.4. The number of para-hydroxylation sites is 1. The van der Waals surface area contributed by atoms with Crippen molar-refractivity contribution in [3.05, 3.63) is 53.5 Å². The molecule has 3 rings (SSSR count). The summed E-state index contributed by atoms with van der Waals surface area (Å²) < 4.78 is 5.43. The highest BCUT2D eigenvalue weighted by atomic mass is 16.3. The maximum atomic E-state index is 12.3. The predicted octanol–water partition coefficient (Wildman–Crippen LogP) is 2.18. The van der Waals surface area contributed by atoms with Crippen molar-refractivity contribution in [2.45, 2.75) is 25.9 Å². The van der Waals surface area contributed by atoms with Gasteiger partial charge in [0.25, 0.3) is 5.91 Å². The Kier molecular flexibility index (Phi) is 4.67. The van der Waals surface area contributed by atoms with Crippen LogP contribution in [-0.2, 0) is 13.0 Å². The summed E-state index contributed by atoms with van der Waals surface area (Å²) in [6.45, 7) is 4.22. The highest BCUT2D eigenvalue weighted by molar-refractivity contribution is 5.93. The van der Waals surface area contributed by atoms with E-state index in [0.717, 1.165) is 18.5 Å². The minimum atomic E-state index is -0.152. The first-order valence-corrected chi connectivity index (χ1v) is 8.04. The van der Waals surface area contributed by atoms with Gasteiger partial charge in [-0.3, -0.25) is 4.79 Å². The van der Waals surface area contributed by atoms with Gasteiger partial charge in [0.2, 0.25) is 0 Å². The summed E-state index contributed by atoms with van der Waals surface area (Å²) in [7, 11) is 1.86. The summed E-state index contributed by atoms with van der Waals surface area (Å²) in [5, 5.41) is 5.87. The van der Waals surface area contributed by atoms with Gasteiger partial charge in [0.15, 0.2) is 5.76 Å². The lowest BCUT2D eigenvalue weighted by atomic mass is 10.1. The molecule has 2 N–H and O–H groups in total. The lowest BCUT2D eigenvalue weighted by Gasteiger charge is -2.24. The Morgan fingerprint density at radius 2 is 2.13 bits per heavy atom. The number of hydrogen-bond acceptors (Lipinski definition) is 4. The van der Waals surface area contributed by atoms with Crippen molar-refractivity contribution >= 4 is 11.6 Å². The van der Waals surface area contributed by atoms with Crippen LogP contribution in [0.3, 0.4) is 0 Å². The second kappa shape index (κ2) is 6.87. The lowest BCUT2D eigenvalue weighted by Crippen LogP contribution is -2.32. The molecule has 2 aromatic rings. The lowest BCUT2D eigenvalue weighted by molar-refractivity contribution is 0.0925. The van der Waals surface area contributed by atoms with Crippen LogP contribution in [0.4, 0.5) is 5.69 Å². The minimum absolute atomic E-state index is 0.152. The van der Waals surface area contributed by atoms with E-state index >= 15 is 0 Å². The van der Waals surface area contributed by atoms with Crippen LogP contribution >= 0.6 is 0 Å². The van der Waals surface area contributed by atoms with E-state index < -0.39 is 0 Å². The number of likely N-dealkylation sites (N-methyl/N-ethyl adjacent to an activating group) is 1. The molecule has 0 saturated heterocycles. The van der Waals surface area contributed by atoms with Gasteiger partial charge >= 0.3 is 0 Å². The maximum absolute atomic E-state index is 12.3. The van der Waals surface area contributed by atoms with Gasteiger partial charge in [0, 0.05) is 36.9 Å². The average Bonchev–Trinajstić information content (AvgIpc) is 3.13. The van der Waals surface area contributed by atoms with Crippen molar-refractivity contribution in [3.8, 4) is 0 Å². The third-order valence-corrected chi connectivity index (χ3v) is 4.30. The molecule has 2 heterocycles. The quantitative estimate of drug-likeness (QED) is 0.803. The Morgan fingerprint density at radius 1 is 1.30 bits per heavy atom. The molecular formula is C18H23N3O2. The molecule has 5 nitrogen and oxygen atoms in total. The molecule has 1 amide bonds. The van der Waals surface area contributed by atoms with E-state index in [9.17, 15) is 4.79 Å². The van der Waals surface area contributed by atoms with Gasteiger partial charge in [-0.1, -0.05) is 18.2 Å². The largest absolute Gasteiger partial charge is 0.459 e. The molecule has 1 aliphatic rings. The number of furan rings is 1. The second-order valence-corrected chi connectivity index (χ2v) is 5.94. The molecule has 23 heavy (non-hydrogen) atoms. The molecule has 5 heteroatoms. The summed E-state index contributed by atoms with van der Waals surface area (Å²) in [6, 6.07) is 10.8. The molecule has 0 saturated carbocycles. The molecule has 1 unspecified atom stereocenters. The van der Waals surface area contributed by atoms with Crippen molar-refractivity contribution < 1.29 is 9.21 Å². The van der Waals surface area contributed by atoms with Gasteiger partial charge in [-0.05, 0) is 38.1 Å².